The van der Waals surface area contributed by atoms with E-state index in [-0.39, 0.29) is 0 Å². The first-order chi connectivity index (χ1) is 9.86. The van der Waals surface area contributed by atoms with E-state index in [0.717, 1.165) is 29.5 Å². The van der Waals surface area contributed by atoms with Gasteiger partial charge in [-0.15, -0.1) is 0 Å². The molecular formula is C19H20O. The van der Waals surface area contributed by atoms with Crippen molar-refractivity contribution >= 4 is 5.57 Å². The van der Waals surface area contributed by atoms with E-state index in [1.807, 2.05) is 48.5 Å². The van der Waals surface area contributed by atoms with E-state index < -0.39 is 6.10 Å². The normalized spacial score (nSPS) is 16.1. The van der Waals surface area contributed by atoms with Crippen LogP contribution in [0.1, 0.15) is 42.9 Å². The van der Waals surface area contributed by atoms with E-state index >= 15 is 0 Å². The second-order valence-electron chi connectivity index (χ2n) is 5.40. The molecule has 1 N–H and O–H groups in total. The first-order valence-electron chi connectivity index (χ1n) is 7.36. The monoisotopic (exact) mass is 264 g/mol. The molecule has 1 unspecified atom stereocenters. The number of aliphatic hydroxyl groups excluding tert-OH is 1. The molecule has 0 saturated heterocycles. The third kappa shape index (κ3) is 2.68. The first-order valence-corrected chi connectivity index (χ1v) is 7.36. The maximum absolute atomic E-state index is 10.8. The highest BCUT2D eigenvalue weighted by Crippen LogP contribution is 2.39. The van der Waals surface area contributed by atoms with Gasteiger partial charge in [0, 0.05) is 0 Å². The number of hydrogen-bond acceptors (Lipinski definition) is 1. The lowest BCUT2D eigenvalue weighted by Gasteiger charge is -2.19. The quantitative estimate of drug-likeness (QED) is 0.848. The Morgan fingerprint density at radius 1 is 0.800 bits per heavy atom. The summed E-state index contributed by atoms with van der Waals surface area (Å²) in [6.45, 7) is 0. The van der Waals surface area contributed by atoms with Gasteiger partial charge in [-0.25, -0.2) is 0 Å². The lowest BCUT2D eigenvalue weighted by atomic mass is 9.90. The molecule has 1 aliphatic rings. The molecule has 0 aliphatic heterocycles. The van der Waals surface area contributed by atoms with Gasteiger partial charge in [0.05, 0.1) is 0 Å². The summed E-state index contributed by atoms with van der Waals surface area (Å²) in [5.41, 5.74) is 4.67. The van der Waals surface area contributed by atoms with Crippen molar-refractivity contribution in [3.8, 4) is 0 Å². The molecule has 0 amide bonds. The average Bonchev–Trinajstić information content (AvgIpc) is 3.03. The van der Waals surface area contributed by atoms with Crippen molar-refractivity contribution in [2.75, 3.05) is 0 Å². The van der Waals surface area contributed by atoms with Gasteiger partial charge in [-0.1, -0.05) is 66.2 Å². The van der Waals surface area contributed by atoms with Crippen LogP contribution in [0.25, 0.3) is 5.57 Å². The molecule has 1 heteroatoms. The van der Waals surface area contributed by atoms with Gasteiger partial charge in [0.25, 0.3) is 0 Å². The molecule has 1 nitrogen and oxygen atoms in total. The van der Waals surface area contributed by atoms with Gasteiger partial charge in [0.15, 0.2) is 0 Å². The van der Waals surface area contributed by atoms with E-state index in [9.17, 15) is 5.11 Å². The molecule has 2 aromatic carbocycles. The second-order valence-corrected chi connectivity index (χ2v) is 5.40. The topological polar surface area (TPSA) is 20.2 Å². The lowest BCUT2D eigenvalue weighted by molar-refractivity contribution is 0.237. The second kappa shape index (κ2) is 6.06. The van der Waals surface area contributed by atoms with Crippen molar-refractivity contribution in [3.05, 3.63) is 77.4 Å². The number of hydrogen-bond donors (Lipinski definition) is 1. The zero-order valence-corrected chi connectivity index (χ0v) is 11.6. The fourth-order valence-electron chi connectivity index (χ4n) is 3.05. The van der Waals surface area contributed by atoms with E-state index in [1.54, 1.807) is 0 Å². The molecule has 1 saturated carbocycles. The highest BCUT2D eigenvalue weighted by atomic mass is 16.3. The van der Waals surface area contributed by atoms with Crippen LogP contribution < -0.4 is 0 Å². The van der Waals surface area contributed by atoms with Gasteiger partial charge < -0.3 is 5.11 Å². The van der Waals surface area contributed by atoms with Gasteiger partial charge in [-0.05, 0) is 42.4 Å². The molecule has 0 radical (unpaired) electrons. The first kappa shape index (κ1) is 13.1. The Morgan fingerprint density at radius 3 is 1.95 bits per heavy atom. The predicted molar refractivity (Wildman–Crippen MR) is 83.2 cm³/mol. The van der Waals surface area contributed by atoms with Crippen molar-refractivity contribution in [2.24, 2.45) is 0 Å². The van der Waals surface area contributed by atoms with Crippen LogP contribution in [0.2, 0.25) is 0 Å². The molecule has 102 valence electrons. The van der Waals surface area contributed by atoms with Crippen LogP contribution in [-0.4, -0.2) is 5.11 Å². The Morgan fingerprint density at radius 2 is 1.35 bits per heavy atom. The predicted octanol–water partition coefficient (Wildman–Crippen LogP) is 4.75. The molecule has 1 atom stereocenters. The van der Waals surface area contributed by atoms with Crippen LogP contribution in [0.5, 0.6) is 0 Å². The summed E-state index contributed by atoms with van der Waals surface area (Å²) < 4.78 is 0. The molecule has 1 aliphatic carbocycles. The molecule has 2 aromatic rings. The molecular weight excluding hydrogens is 244 g/mol. The minimum Gasteiger partial charge on any atom is -0.384 e. The number of rotatable bonds is 3. The Bertz CT molecular complexity index is 576. The van der Waals surface area contributed by atoms with Crippen LogP contribution in [0, 0.1) is 0 Å². The maximum Gasteiger partial charge on any atom is 0.105 e. The maximum atomic E-state index is 10.8. The Balaban J connectivity index is 2.05. The minimum atomic E-state index is -0.522. The van der Waals surface area contributed by atoms with Gasteiger partial charge in [-0.3, -0.25) is 0 Å². The van der Waals surface area contributed by atoms with Gasteiger partial charge in [-0.2, -0.15) is 0 Å². The Labute approximate surface area is 120 Å². The largest absolute Gasteiger partial charge is 0.384 e. The molecule has 1 fully saturated rings. The zero-order valence-electron chi connectivity index (χ0n) is 11.6. The van der Waals surface area contributed by atoms with Crippen LogP contribution in [0.4, 0.5) is 0 Å². The Hall–Kier alpha value is -1.86. The summed E-state index contributed by atoms with van der Waals surface area (Å²) in [5.74, 6) is 0. The standard InChI is InChI=1S/C19H20O/c20-19(17-13-5-2-6-14-17)18(16-11-7-8-12-16)15-9-3-1-4-10-15/h1-6,9-10,13-14,19-20H,7-8,11-12H2. The van der Waals surface area contributed by atoms with E-state index in [4.69, 9.17) is 0 Å². The van der Waals surface area contributed by atoms with Gasteiger partial charge in [0.2, 0.25) is 0 Å². The van der Waals surface area contributed by atoms with Crippen LogP contribution in [-0.2, 0) is 0 Å². The highest BCUT2D eigenvalue weighted by Gasteiger charge is 2.21. The highest BCUT2D eigenvalue weighted by molar-refractivity contribution is 5.73. The fourth-order valence-corrected chi connectivity index (χ4v) is 3.05. The summed E-state index contributed by atoms with van der Waals surface area (Å²) >= 11 is 0. The average molecular weight is 264 g/mol. The van der Waals surface area contributed by atoms with E-state index in [2.05, 4.69) is 12.1 Å². The number of aliphatic hydroxyl groups is 1. The lowest BCUT2D eigenvalue weighted by Crippen LogP contribution is -2.03. The third-order valence-electron chi connectivity index (χ3n) is 4.06. The molecule has 3 rings (SSSR count). The van der Waals surface area contributed by atoms with Crippen LogP contribution in [0.15, 0.2) is 66.2 Å². The fraction of sp³-hybridized carbons (Fsp3) is 0.263. The smallest absolute Gasteiger partial charge is 0.105 e. The third-order valence-corrected chi connectivity index (χ3v) is 4.06. The van der Waals surface area contributed by atoms with Crippen molar-refractivity contribution < 1.29 is 5.11 Å². The minimum absolute atomic E-state index is 0.522. The van der Waals surface area contributed by atoms with Crippen molar-refractivity contribution in [3.63, 3.8) is 0 Å². The number of allylic oxidation sites excluding steroid dienone is 1. The SMILES string of the molecule is OC(C(=C1CCCC1)c1ccccc1)c1ccccc1. The Kier molecular flexibility index (Phi) is 3.98. The summed E-state index contributed by atoms with van der Waals surface area (Å²) in [6, 6.07) is 20.3. The molecule has 0 aromatic heterocycles. The van der Waals surface area contributed by atoms with Gasteiger partial charge >= 0.3 is 0 Å². The zero-order chi connectivity index (χ0) is 13.8. The number of benzene rings is 2. The molecule has 0 heterocycles. The van der Waals surface area contributed by atoms with Crippen molar-refractivity contribution in [1.29, 1.82) is 0 Å². The molecule has 20 heavy (non-hydrogen) atoms. The van der Waals surface area contributed by atoms with Gasteiger partial charge in [0.1, 0.15) is 6.10 Å². The summed E-state index contributed by atoms with van der Waals surface area (Å²) in [5, 5.41) is 10.8. The summed E-state index contributed by atoms with van der Waals surface area (Å²) in [7, 11) is 0. The van der Waals surface area contributed by atoms with Crippen molar-refractivity contribution in [2.45, 2.75) is 31.8 Å². The van der Waals surface area contributed by atoms with Crippen LogP contribution >= 0.6 is 0 Å². The molecule has 0 bridgehead atoms. The van der Waals surface area contributed by atoms with E-state index in [1.165, 1.54) is 18.4 Å². The summed E-state index contributed by atoms with van der Waals surface area (Å²) in [4.78, 5) is 0. The molecule has 0 spiro atoms. The van der Waals surface area contributed by atoms with Crippen molar-refractivity contribution in [1.82, 2.24) is 0 Å². The summed E-state index contributed by atoms with van der Waals surface area (Å²) in [6.07, 6.45) is 4.20. The van der Waals surface area contributed by atoms with E-state index in [0.29, 0.717) is 0 Å². The van der Waals surface area contributed by atoms with Crippen LogP contribution in [0.3, 0.4) is 0 Å².